The van der Waals surface area contributed by atoms with Crippen LogP contribution in [0.4, 0.5) is 11.4 Å². The third-order valence-corrected chi connectivity index (χ3v) is 4.32. The van der Waals surface area contributed by atoms with Crippen LogP contribution in [0, 0.1) is 29.9 Å². The minimum Gasteiger partial charge on any atom is -0.350 e. The molecule has 0 atom stereocenters. The summed E-state index contributed by atoms with van der Waals surface area (Å²) in [5.41, 5.74) is 1.15. The lowest BCUT2D eigenvalue weighted by Crippen LogP contribution is -2.29. The van der Waals surface area contributed by atoms with E-state index in [2.05, 4.69) is 20.8 Å². The van der Waals surface area contributed by atoms with Gasteiger partial charge in [-0.3, -0.25) is 29.1 Å². The van der Waals surface area contributed by atoms with Gasteiger partial charge in [0.15, 0.2) is 5.69 Å². The predicted octanol–water partition coefficient (Wildman–Crippen LogP) is 2.04. The summed E-state index contributed by atoms with van der Waals surface area (Å²) >= 11 is 0. The molecule has 11 heteroatoms. The molecule has 0 bridgehead atoms. The van der Waals surface area contributed by atoms with Crippen LogP contribution in [0.15, 0.2) is 6.20 Å². The number of aryl methyl sites for hydroxylation is 3. The van der Waals surface area contributed by atoms with Crippen molar-refractivity contribution in [2.75, 3.05) is 11.9 Å². The fraction of sp³-hybridized carbons (Fsp3) is 0.556. The van der Waals surface area contributed by atoms with Crippen molar-refractivity contribution in [2.45, 2.75) is 54.1 Å². The number of aromatic nitrogens is 4. The van der Waals surface area contributed by atoms with Crippen molar-refractivity contribution in [1.29, 1.82) is 0 Å². The SMILES string of the molecule is CCn1cc(NC(=O)CCn2nc(C)c([N+](=O)[O-])c2C)c(C(=O)NCC(C)C)n1. The number of hydrogen-bond donors (Lipinski definition) is 2. The molecule has 0 aliphatic heterocycles. The molecule has 0 saturated carbocycles. The zero-order chi connectivity index (χ0) is 21.7. The Labute approximate surface area is 168 Å². The van der Waals surface area contributed by atoms with Gasteiger partial charge in [-0.1, -0.05) is 13.8 Å². The fourth-order valence-electron chi connectivity index (χ4n) is 2.81. The number of amides is 2. The maximum absolute atomic E-state index is 12.4. The molecule has 0 spiro atoms. The zero-order valence-corrected chi connectivity index (χ0v) is 17.4. The Bertz CT molecular complexity index is 914. The lowest BCUT2D eigenvalue weighted by atomic mass is 10.2. The molecule has 0 aromatic carbocycles. The first kappa shape index (κ1) is 22.1. The van der Waals surface area contributed by atoms with Gasteiger partial charge in [0.25, 0.3) is 5.91 Å². The van der Waals surface area contributed by atoms with Crippen LogP contribution in [0.5, 0.6) is 0 Å². The van der Waals surface area contributed by atoms with Gasteiger partial charge in [0.2, 0.25) is 5.91 Å². The van der Waals surface area contributed by atoms with Crippen LogP contribution in [0.2, 0.25) is 0 Å². The van der Waals surface area contributed by atoms with Crippen molar-refractivity contribution in [3.05, 3.63) is 33.4 Å². The number of carbonyl (C=O) groups is 2. The van der Waals surface area contributed by atoms with E-state index in [1.54, 1.807) is 24.7 Å². The highest BCUT2D eigenvalue weighted by molar-refractivity contribution is 6.02. The molecule has 158 valence electrons. The molecular formula is C18H27N7O4. The maximum Gasteiger partial charge on any atom is 0.312 e. The summed E-state index contributed by atoms with van der Waals surface area (Å²) < 4.78 is 3.02. The second-order valence-electron chi connectivity index (χ2n) is 7.15. The molecule has 2 rings (SSSR count). The smallest absolute Gasteiger partial charge is 0.312 e. The summed E-state index contributed by atoms with van der Waals surface area (Å²) in [6, 6.07) is 0. The van der Waals surface area contributed by atoms with E-state index in [0.29, 0.717) is 30.2 Å². The highest BCUT2D eigenvalue weighted by Gasteiger charge is 2.22. The summed E-state index contributed by atoms with van der Waals surface area (Å²) in [5, 5.41) is 24.9. The van der Waals surface area contributed by atoms with E-state index >= 15 is 0 Å². The maximum atomic E-state index is 12.4. The van der Waals surface area contributed by atoms with E-state index < -0.39 is 4.92 Å². The van der Waals surface area contributed by atoms with Gasteiger partial charge >= 0.3 is 5.69 Å². The van der Waals surface area contributed by atoms with Crippen molar-refractivity contribution in [2.24, 2.45) is 5.92 Å². The van der Waals surface area contributed by atoms with Crippen LogP contribution >= 0.6 is 0 Å². The number of nitrogens with zero attached hydrogens (tertiary/aromatic N) is 5. The number of nitrogens with one attached hydrogen (secondary N) is 2. The normalized spacial score (nSPS) is 11.0. The summed E-state index contributed by atoms with van der Waals surface area (Å²) in [6.07, 6.45) is 1.65. The first-order chi connectivity index (χ1) is 13.6. The van der Waals surface area contributed by atoms with Crippen molar-refractivity contribution >= 4 is 23.2 Å². The third-order valence-electron chi connectivity index (χ3n) is 4.32. The molecule has 2 aromatic rings. The fourth-order valence-corrected chi connectivity index (χ4v) is 2.81. The van der Waals surface area contributed by atoms with Crippen LogP contribution in [0.1, 0.15) is 49.1 Å². The molecular weight excluding hydrogens is 378 g/mol. The molecule has 0 unspecified atom stereocenters. The molecule has 2 heterocycles. The number of anilines is 1. The minimum atomic E-state index is -0.477. The number of hydrogen-bond acceptors (Lipinski definition) is 6. The highest BCUT2D eigenvalue weighted by atomic mass is 16.6. The molecule has 2 N–H and O–H groups in total. The van der Waals surface area contributed by atoms with Gasteiger partial charge in [-0.2, -0.15) is 10.2 Å². The summed E-state index contributed by atoms with van der Waals surface area (Å²) in [5.74, 6) is -0.404. The van der Waals surface area contributed by atoms with Crippen molar-refractivity contribution in [3.63, 3.8) is 0 Å². The molecule has 0 fully saturated rings. The second-order valence-corrected chi connectivity index (χ2v) is 7.15. The Kier molecular flexibility index (Phi) is 7.08. The van der Waals surface area contributed by atoms with E-state index in [1.165, 1.54) is 4.68 Å². The highest BCUT2D eigenvalue weighted by Crippen LogP contribution is 2.22. The van der Waals surface area contributed by atoms with Gasteiger partial charge in [-0.05, 0) is 26.7 Å². The number of carbonyl (C=O) groups excluding carboxylic acids is 2. The Morgan fingerprint density at radius 2 is 1.97 bits per heavy atom. The van der Waals surface area contributed by atoms with E-state index in [9.17, 15) is 19.7 Å². The van der Waals surface area contributed by atoms with E-state index in [4.69, 9.17) is 0 Å². The molecule has 2 aromatic heterocycles. The average Bonchev–Trinajstić information content (AvgIpc) is 3.17. The molecule has 0 aliphatic carbocycles. The molecule has 2 amide bonds. The zero-order valence-electron chi connectivity index (χ0n) is 17.4. The quantitative estimate of drug-likeness (QED) is 0.484. The molecule has 0 radical (unpaired) electrons. The largest absolute Gasteiger partial charge is 0.350 e. The first-order valence-corrected chi connectivity index (χ1v) is 9.47. The van der Waals surface area contributed by atoms with Crippen molar-refractivity contribution < 1.29 is 14.5 Å². The van der Waals surface area contributed by atoms with Gasteiger partial charge in [-0.25, -0.2) is 0 Å². The average molecular weight is 405 g/mol. The monoisotopic (exact) mass is 405 g/mol. The van der Waals surface area contributed by atoms with Gasteiger partial charge < -0.3 is 10.6 Å². The van der Waals surface area contributed by atoms with Crippen LogP contribution in [-0.4, -0.2) is 42.8 Å². The lowest BCUT2D eigenvalue weighted by Gasteiger charge is -2.08. The number of nitro groups is 1. The Hall–Kier alpha value is -3.24. The Balaban J connectivity index is 2.07. The van der Waals surface area contributed by atoms with Gasteiger partial charge in [-0.15, -0.1) is 0 Å². The predicted molar refractivity (Wildman–Crippen MR) is 107 cm³/mol. The van der Waals surface area contributed by atoms with Crippen molar-refractivity contribution in [1.82, 2.24) is 24.9 Å². The first-order valence-electron chi connectivity index (χ1n) is 9.47. The molecule has 11 nitrogen and oxygen atoms in total. The van der Waals surface area contributed by atoms with E-state index in [0.717, 1.165) is 0 Å². The van der Waals surface area contributed by atoms with E-state index in [1.807, 2.05) is 20.8 Å². The second kappa shape index (κ2) is 9.30. The van der Waals surface area contributed by atoms with Crippen LogP contribution in [0.25, 0.3) is 0 Å². The number of rotatable bonds is 9. The topological polar surface area (TPSA) is 137 Å². The Morgan fingerprint density at radius 1 is 1.28 bits per heavy atom. The van der Waals surface area contributed by atoms with Gasteiger partial charge in [0, 0.05) is 25.7 Å². The van der Waals surface area contributed by atoms with Crippen LogP contribution < -0.4 is 10.6 Å². The van der Waals surface area contributed by atoms with Crippen molar-refractivity contribution in [3.8, 4) is 0 Å². The molecule has 0 saturated heterocycles. The Morgan fingerprint density at radius 3 is 2.52 bits per heavy atom. The molecule has 29 heavy (non-hydrogen) atoms. The summed E-state index contributed by atoms with van der Waals surface area (Å²) in [6.45, 7) is 10.2. The van der Waals surface area contributed by atoms with Gasteiger partial charge in [0.05, 0.1) is 17.2 Å². The van der Waals surface area contributed by atoms with Gasteiger partial charge in [0.1, 0.15) is 11.4 Å². The third kappa shape index (κ3) is 5.39. The van der Waals surface area contributed by atoms with Crippen LogP contribution in [0.3, 0.4) is 0 Å². The summed E-state index contributed by atoms with van der Waals surface area (Å²) in [7, 11) is 0. The van der Waals surface area contributed by atoms with Crippen LogP contribution in [-0.2, 0) is 17.9 Å². The minimum absolute atomic E-state index is 0.0428. The van der Waals surface area contributed by atoms with E-state index in [-0.39, 0.29) is 42.1 Å². The molecule has 0 aliphatic rings. The standard InChI is InChI=1S/C18H27N7O4/c1-6-23-10-14(16(22-23)18(27)19-9-11(2)3)20-15(26)7-8-24-13(5)17(25(28)29)12(4)21-24/h10-11H,6-9H2,1-5H3,(H,19,27)(H,20,26). The summed E-state index contributed by atoms with van der Waals surface area (Å²) in [4.78, 5) is 35.4. The lowest BCUT2D eigenvalue weighted by molar-refractivity contribution is -0.386.